The lowest BCUT2D eigenvalue weighted by atomic mass is 10.2. The number of para-hydroxylation sites is 1. The summed E-state index contributed by atoms with van der Waals surface area (Å²) in [5.74, 6) is 0.866. The van der Waals surface area contributed by atoms with Gasteiger partial charge in [0.05, 0.1) is 13.7 Å². The molecule has 1 aromatic rings. The van der Waals surface area contributed by atoms with Crippen molar-refractivity contribution in [1.29, 1.82) is 0 Å². The van der Waals surface area contributed by atoms with Crippen molar-refractivity contribution in [3.63, 3.8) is 0 Å². The minimum atomic E-state index is -0.263. The van der Waals surface area contributed by atoms with Crippen LogP contribution in [0.1, 0.15) is 24.8 Å². The van der Waals surface area contributed by atoms with Gasteiger partial charge in [0.2, 0.25) is 5.91 Å². The van der Waals surface area contributed by atoms with Gasteiger partial charge in [0.15, 0.2) is 0 Å². The molecule has 0 aromatic heterocycles. The van der Waals surface area contributed by atoms with Crippen molar-refractivity contribution in [1.82, 2.24) is 15.1 Å². The molecule has 2 heterocycles. The molecule has 27 heavy (non-hydrogen) atoms. The fraction of sp³-hybridized carbons (Fsp3) is 0.600. The van der Waals surface area contributed by atoms with E-state index in [1.165, 1.54) is 0 Å². The largest absolute Gasteiger partial charge is 0.496 e. The van der Waals surface area contributed by atoms with Gasteiger partial charge in [-0.1, -0.05) is 18.2 Å². The first-order valence-corrected chi connectivity index (χ1v) is 9.68. The highest BCUT2D eigenvalue weighted by molar-refractivity contribution is 5.81. The average molecular weight is 375 g/mol. The molecule has 0 bridgehead atoms. The lowest BCUT2D eigenvalue weighted by Gasteiger charge is -2.24. The standard InChI is InChI=1S/C20H29N3O4/c1-26-17-7-3-2-6-16(17)14-21-19(24)15-22-9-5-10-23(12-11-22)20(25)18-8-4-13-27-18/h2-3,6-7,18H,4-5,8-15H2,1H3,(H,21,24)/t18-/m1/s1. The van der Waals surface area contributed by atoms with Gasteiger partial charge in [-0.3, -0.25) is 14.5 Å². The number of nitrogens with zero attached hydrogens (tertiary/aromatic N) is 2. The molecule has 7 heteroatoms. The Morgan fingerprint density at radius 3 is 2.81 bits per heavy atom. The summed E-state index contributed by atoms with van der Waals surface area (Å²) >= 11 is 0. The third-order valence-corrected chi connectivity index (χ3v) is 5.14. The zero-order valence-corrected chi connectivity index (χ0v) is 16.0. The number of nitrogens with one attached hydrogen (secondary N) is 1. The summed E-state index contributed by atoms with van der Waals surface area (Å²) in [7, 11) is 1.63. The SMILES string of the molecule is COc1ccccc1CNC(=O)CN1CCCN(C(=O)[C@H]2CCCO2)CC1. The Hall–Kier alpha value is -2.12. The van der Waals surface area contributed by atoms with Crippen LogP contribution >= 0.6 is 0 Å². The third-order valence-electron chi connectivity index (χ3n) is 5.14. The number of carbonyl (C=O) groups is 2. The Labute approximate surface area is 160 Å². The second kappa shape index (κ2) is 9.71. The van der Waals surface area contributed by atoms with Crippen LogP contribution in [0.4, 0.5) is 0 Å². The summed E-state index contributed by atoms with van der Waals surface area (Å²) in [6.45, 7) is 4.38. The highest BCUT2D eigenvalue weighted by Crippen LogP contribution is 2.17. The highest BCUT2D eigenvalue weighted by atomic mass is 16.5. The van der Waals surface area contributed by atoms with Crippen molar-refractivity contribution in [2.75, 3.05) is 46.4 Å². The first-order chi connectivity index (χ1) is 13.2. The number of hydrogen-bond donors (Lipinski definition) is 1. The van der Waals surface area contributed by atoms with Crippen molar-refractivity contribution < 1.29 is 19.1 Å². The number of rotatable bonds is 6. The van der Waals surface area contributed by atoms with E-state index in [-0.39, 0.29) is 17.9 Å². The van der Waals surface area contributed by atoms with E-state index in [1.807, 2.05) is 29.2 Å². The molecule has 0 radical (unpaired) electrons. The van der Waals surface area contributed by atoms with Gasteiger partial charge in [0.25, 0.3) is 5.91 Å². The molecular formula is C20H29N3O4. The molecule has 2 aliphatic heterocycles. The maximum absolute atomic E-state index is 12.5. The minimum Gasteiger partial charge on any atom is -0.496 e. The first-order valence-electron chi connectivity index (χ1n) is 9.68. The van der Waals surface area contributed by atoms with E-state index in [0.717, 1.165) is 43.7 Å². The Morgan fingerprint density at radius 2 is 2.04 bits per heavy atom. The number of benzene rings is 1. The molecule has 2 saturated heterocycles. The van der Waals surface area contributed by atoms with Crippen LogP contribution in [0.15, 0.2) is 24.3 Å². The minimum absolute atomic E-state index is 0.0141. The Balaban J connectivity index is 1.44. The Morgan fingerprint density at radius 1 is 1.19 bits per heavy atom. The molecule has 1 N–H and O–H groups in total. The molecule has 1 aromatic carbocycles. The van der Waals surface area contributed by atoms with E-state index < -0.39 is 0 Å². The number of ether oxygens (including phenoxy) is 2. The molecule has 0 aliphatic carbocycles. The van der Waals surface area contributed by atoms with Crippen molar-refractivity contribution in [3.05, 3.63) is 29.8 Å². The summed E-state index contributed by atoms with van der Waals surface area (Å²) < 4.78 is 10.8. The zero-order chi connectivity index (χ0) is 19.1. The summed E-state index contributed by atoms with van der Waals surface area (Å²) in [6.07, 6.45) is 2.39. The maximum atomic E-state index is 12.5. The molecule has 0 unspecified atom stereocenters. The molecule has 0 spiro atoms. The molecule has 1 atom stereocenters. The maximum Gasteiger partial charge on any atom is 0.251 e. The summed E-state index contributed by atoms with van der Waals surface area (Å²) in [6, 6.07) is 7.67. The average Bonchev–Trinajstić information content (AvgIpc) is 3.13. The lowest BCUT2D eigenvalue weighted by Crippen LogP contribution is -2.42. The fourth-order valence-corrected chi connectivity index (χ4v) is 3.63. The zero-order valence-electron chi connectivity index (χ0n) is 16.0. The predicted molar refractivity (Wildman–Crippen MR) is 101 cm³/mol. The summed E-state index contributed by atoms with van der Waals surface area (Å²) in [5, 5.41) is 2.96. The van der Waals surface area contributed by atoms with Crippen molar-refractivity contribution in [2.24, 2.45) is 0 Å². The van der Waals surface area contributed by atoms with Crippen molar-refractivity contribution >= 4 is 11.8 Å². The quantitative estimate of drug-likeness (QED) is 0.804. The molecule has 2 fully saturated rings. The molecule has 2 aliphatic rings. The van der Waals surface area contributed by atoms with Crippen LogP contribution in [0.25, 0.3) is 0 Å². The van der Waals surface area contributed by atoms with E-state index in [4.69, 9.17) is 9.47 Å². The number of amides is 2. The topological polar surface area (TPSA) is 71.1 Å². The second-order valence-corrected chi connectivity index (χ2v) is 7.05. The molecule has 7 nitrogen and oxygen atoms in total. The van der Waals surface area contributed by atoms with Gasteiger partial charge in [-0.15, -0.1) is 0 Å². The second-order valence-electron chi connectivity index (χ2n) is 7.05. The van der Waals surface area contributed by atoms with Gasteiger partial charge in [0, 0.05) is 44.9 Å². The van der Waals surface area contributed by atoms with E-state index in [9.17, 15) is 9.59 Å². The summed E-state index contributed by atoms with van der Waals surface area (Å²) in [5.41, 5.74) is 0.956. The van der Waals surface area contributed by atoms with Crippen LogP contribution in [0, 0.1) is 0 Å². The van der Waals surface area contributed by atoms with Crippen molar-refractivity contribution in [2.45, 2.75) is 31.9 Å². The van der Waals surface area contributed by atoms with Crippen LogP contribution in [-0.2, 0) is 20.9 Å². The normalized spacial score (nSPS) is 20.9. The molecule has 0 saturated carbocycles. The van der Waals surface area contributed by atoms with E-state index in [2.05, 4.69) is 10.2 Å². The lowest BCUT2D eigenvalue weighted by molar-refractivity contribution is -0.140. The van der Waals surface area contributed by atoms with Gasteiger partial charge >= 0.3 is 0 Å². The van der Waals surface area contributed by atoms with Crippen molar-refractivity contribution in [3.8, 4) is 5.75 Å². The number of methoxy groups -OCH3 is 1. The Bertz CT molecular complexity index is 646. The predicted octanol–water partition coefficient (Wildman–Crippen LogP) is 1.02. The van der Waals surface area contributed by atoms with Crippen LogP contribution in [0.2, 0.25) is 0 Å². The molecule has 2 amide bonds. The van der Waals surface area contributed by atoms with Gasteiger partial charge in [-0.2, -0.15) is 0 Å². The third kappa shape index (κ3) is 5.43. The van der Waals surface area contributed by atoms with Crippen LogP contribution < -0.4 is 10.1 Å². The van der Waals surface area contributed by atoms with Crippen LogP contribution in [0.3, 0.4) is 0 Å². The summed E-state index contributed by atoms with van der Waals surface area (Å²) in [4.78, 5) is 28.8. The monoisotopic (exact) mass is 375 g/mol. The van der Waals surface area contributed by atoms with Gasteiger partial charge in [-0.05, 0) is 25.3 Å². The molecule has 3 rings (SSSR count). The smallest absolute Gasteiger partial charge is 0.251 e. The highest BCUT2D eigenvalue weighted by Gasteiger charge is 2.29. The van der Waals surface area contributed by atoms with E-state index in [1.54, 1.807) is 7.11 Å². The van der Waals surface area contributed by atoms with E-state index in [0.29, 0.717) is 32.8 Å². The van der Waals surface area contributed by atoms with Gasteiger partial charge in [-0.25, -0.2) is 0 Å². The van der Waals surface area contributed by atoms with Gasteiger partial charge in [0.1, 0.15) is 11.9 Å². The molecule has 148 valence electrons. The Kier molecular flexibility index (Phi) is 7.06. The fourth-order valence-electron chi connectivity index (χ4n) is 3.63. The molecular weight excluding hydrogens is 346 g/mol. The van der Waals surface area contributed by atoms with Gasteiger partial charge < -0.3 is 19.7 Å². The van der Waals surface area contributed by atoms with Crippen LogP contribution in [-0.4, -0.2) is 74.2 Å². The van der Waals surface area contributed by atoms with Crippen LogP contribution in [0.5, 0.6) is 5.75 Å². The number of carbonyl (C=O) groups excluding carboxylic acids is 2. The first kappa shape index (κ1) is 19.6. The number of hydrogen-bond acceptors (Lipinski definition) is 5. The van der Waals surface area contributed by atoms with E-state index >= 15 is 0 Å².